The molecular formula is C18H22FNO2. The number of nitrogens with zero attached hydrogens (tertiary/aromatic N) is 1. The first-order valence-corrected chi connectivity index (χ1v) is 7.93. The van der Waals surface area contributed by atoms with Gasteiger partial charge in [0.25, 0.3) is 5.91 Å². The molecule has 118 valence electrons. The van der Waals surface area contributed by atoms with E-state index in [4.69, 9.17) is 4.42 Å². The number of fused-ring (bicyclic) bond motifs is 1. The highest BCUT2D eigenvalue weighted by atomic mass is 19.1. The average Bonchev–Trinajstić information content (AvgIpc) is 2.85. The molecule has 0 spiro atoms. The number of halogens is 1. The lowest BCUT2D eigenvalue weighted by molar-refractivity contribution is 0.0649. The molecule has 1 aliphatic rings. The largest absolute Gasteiger partial charge is 0.448 e. The second-order valence-corrected chi connectivity index (χ2v) is 6.50. The van der Waals surface area contributed by atoms with Crippen molar-refractivity contribution in [1.29, 1.82) is 0 Å². The fourth-order valence-corrected chi connectivity index (χ4v) is 3.37. The van der Waals surface area contributed by atoms with Crippen LogP contribution >= 0.6 is 0 Å². The van der Waals surface area contributed by atoms with E-state index in [2.05, 4.69) is 6.92 Å². The number of furan rings is 1. The number of carbonyl (C=O) groups excluding carboxylic acids is 1. The third-order valence-electron chi connectivity index (χ3n) is 4.96. The zero-order valence-electron chi connectivity index (χ0n) is 13.4. The van der Waals surface area contributed by atoms with Crippen LogP contribution < -0.4 is 0 Å². The Morgan fingerprint density at radius 1 is 1.27 bits per heavy atom. The second kappa shape index (κ2) is 5.75. The van der Waals surface area contributed by atoms with Crippen LogP contribution in [0.4, 0.5) is 4.39 Å². The molecule has 1 aromatic carbocycles. The first-order valence-electron chi connectivity index (χ1n) is 7.93. The molecule has 1 saturated carbocycles. The third kappa shape index (κ3) is 2.51. The SMILES string of the molecule is Cc1c(C(=O)N(C)C2CCC(C)CC2)oc2c(F)cccc12. The van der Waals surface area contributed by atoms with E-state index in [1.165, 1.54) is 6.07 Å². The molecule has 0 aliphatic heterocycles. The maximum absolute atomic E-state index is 13.8. The van der Waals surface area contributed by atoms with Crippen LogP contribution in [0.5, 0.6) is 0 Å². The van der Waals surface area contributed by atoms with Crippen molar-refractivity contribution < 1.29 is 13.6 Å². The zero-order valence-corrected chi connectivity index (χ0v) is 13.4. The van der Waals surface area contributed by atoms with Gasteiger partial charge in [0.2, 0.25) is 0 Å². The monoisotopic (exact) mass is 303 g/mol. The minimum Gasteiger partial charge on any atom is -0.448 e. The minimum absolute atomic E-state index is 0.146. The molecular weight excluding hydrogens is 281 g/mol. The minimum atomic E-state index is -0.422. The van der Waals surface area contributed by atoms with E-state index in [1.807, 2.05) is 14.0 Å². The van der Waals surface area contributed by atoms with Gasteiger partial charge in [-0.15, -0.1) is 0 Å². The summed E-state index contributed by atoms with van der Waals surface area (Å²) < 4.78 is 19.4. The van der Waals surface area contributed by atoms with Gasteiger partial charge in [0, 0.05) is 24.0 Å². The summed E-state index contributed by atoms with van der Waals surface area (Å²) in [5.74, 6) is 0.435. The molecule has 1 heterocycles. The van der Waals surface area contributed by atoms with Gasteiger partial charge in [0.1, 0.15) is 0 Å². The molecule has 2 aromatic rings. The van der Waals surface area contributed by atoms with E-state index in [9.17, 15) is 9.18 Å². The van der Waals surface area contributed by atoms with Crippen LogP contribution in [0.15, 0.2) is 22.6 Å². The normalized spacial score (nSPS) is 22.0. The molecule has 3 rings (SSSR count). The highest BCUT2D eigenvalue weighted by Crippen LogP contribution is 2.31. The Kier molecular flexibility index (Phi) is 3.94. The van der Waals surface area contributed by atoms with Crippen molar-refractivity contribution in [3.05, 3.63) is 35.3 Å². The van der Waals surface area contributed by atoms with Crippen molar-refractivity contribution in [3.8, 4) is 0 Å². The number of hydrogen-bond acceptors (Lipinski definition) is 2. The summed E-state index contributed by atoms with van der Waals surface area (Å²) in [4.78, 5) is 14.5. The Hall–Kier alpha value is -1.84. The van der Waals surface area contributed by atoms with E-state index in [0.29, 0.717) is 5.39 Å². The number of aryl methyl sites for hydroxylation is 1. The van der Waals surface area contributed by atoms with Gasteiger partial charge in [-0.05, 0) is 44.6 Å². The van der Waals surface area contributed by atoms with Crippen molar-refractivity contribution in [3.63, 3.8) is 0 Å². The summed E-state index contributed by atoms with van der Waals surface area (Å²) in [5, 5.41) is 0.675. The molecule has 0 bridgehead atoms. The summed E-state index contributed by atoms with van der Waals surface area (Å²) in [6.45, 7) is 4.07. The van der Waals surface area contributed by atoms with Crippen molar-refractivity contribution in [2.75, 3.05) is 7.05 Å². The summed E-state index contributed by atoms with van der Waals surface area (Å²) >= 11 is 0. The lowest BCUT2D eigenvalue weighted by Crippen LogP contribution is -2.39. The van der Waals surface area contributed by atoms with Gasteiger partial charge in [0.15, 0.2) is 17.2 Å². The van der Waals surface area contributed by atoms with Crippen LogP contribution in [-0.2, 0) is 0 Å². The first kappa shape index (κ1) is 15.1. The van der Waals surface area contributed by atoms with Gasteiger partial charge >= 0.3 is 0 Å². The van der Waals surface area contributed by atoms with Crippen molar-refractivity contribution >= 4 is 16.9 Å². The maximum Gasteiger partial charge on any atom is 0.289 e. The molecule has 1 fully saturated rings. The Morgan fingerprint density at radius 2 is 1.95 bits per heavy atom. The second-order valence-electron chi connectivity index (χ2n) is 6.50. The molecule has 4 heteroatoms. The predicted octanol–water partition coefficient (Wildman–Crippen LogP) is 4.53. The zero-order chi connectivity index (χ0) is 15.9. The van der Waals surface area contributed by atoms with E-state index in [0.717, 1.165) is 37.2 Å². The van der Waals surface area contributed by atoms with Gasteiger partial charge in [0.05, 0.1) is 0 Å². The summed E-state index contributed by atoms with van der Waals surface area (Å²) in [7, 11) is 1.83. The summed E-state index contributed by atoms with van der Waals surface area (Å²) in [5.41, 5.74) is 0.893. The van der Waals surface area contributed by atoms with E-state index in [-0.39, 0.29) is 23.3 Å². The lowest BCUT2D eigenvalue weighted by Gasteiger charge is -2.33. The maximum atomic E-state index is 13.8. The predicted molar refractivity (Wildman–Crippen MR) is 84.4 cm³/mol. The van der Waals surface area contributed by atoms with E-state index < -0.39 is 5.82 Å². The number of carbonyl (C=O) groups is 1. The molecule has 0 atom stereocenters. The van der Waals surface area contributed by atoms with Gasteiger partial charge in [-0.3, -0.25) is 4.79 Å². The quantitative estimate of drug-likeness (QED) is 0.816. The Bertz CT molecular complexity index is 698. The number of hydrogen-bond donors (Lipinski definition) is 0. The smallest absolute Gasteiger partial charge is 0.289 e. The first-order chi connectivity index (χ1) is 10.5. The number of benzene rings is 1. The molecule has 0 N–H and O–H groups in total. The van der Waals surface area contributed by atoms with Crippen LogP contribution in [-0.4, -0.2) is 23.9 Å². The summed E-state index contributed by atoms with van der Waals surface area (Å²) in [6, 6.07) is 5.03. The van der Waals surface area contributed by atoms with E-state index in [1.54, 1.807) is 17.0 Å². The molecule has 0 unspecified atom stereocenters. The third-order valence-corrected chi connectivity index (χ3v) is 4.96. The van der Waals surface area contributed by atoms with E-state index >= 15 is 0 Å². The molecule has 22 heavy (non-hydrogen) atoms. The van der Waals surface area contributed by atoms with Gasteiger partial charge in [-0.1, -0.05) is 19.1 Å². The Balaban J connectivity index is 1.89. The topological polar surface area (TPSA) is 33.5 Å². The van der Waals surface area contributed by atoms with Gasteiger partial charge in [-0.2, -0.15) is 0 Å². The fourth-order valence-electron chi connectivity index (χ4n) is 3.37. The Morgan fingerprint density at radius 3 is 2.59 bits per heavy atom. The summed E-state index contributed by atoms with van der Waals surface area (Å²) in [6.07, 6.45) is 4.35. The molecule has 3 nitrogen and oxygen atoms in total. The average molecular weight is 303 g/mol. The number of rotatable bonds is 2. The molecule has 1 aromatic heterocycles. The number of amides is 1. The number of para-hydroxylation sites is 1. The highest BCUT2D eigenvalue weighted by molar-refractivity contribution is 5.99. The molecule has 1 aliphatic carbocycles. The Labute approximate surface area is 130 Å². The van der Waals surface area contributed by atoms with Crippen LogP contribution in [0.2, 0.25) is 0 Å². The van der Waals surface area contributed by atoms with Crippen molar-refractivity contribution in [2.45, 2.75) is 45.6 Å². The molecule has 0 saturated heterocycles. The highest BCUT2D eigenvalue weighted by Gasteiger charge is 2.29. The van der Waals surface area contributed by atoms with Crippen LogP contribution in [0, 0.1) is 18.7 Å². The van der Waals surface area contributed by atoms with Crippen LogP contribution in [0.25, 0.3) is 11.0 Å². The lowest BCUT2D eigenvalue weighted by atomic mass is 9.86. The van der Waals surface area contributed by atoms with Crippen LogP contribution in [0.1, 0.15) is 48.7 Å². The molecule has 0 radical (unpaired) electrons. The standard InChI is InChI=1S/C18H22FNO2/c1-11-7-9-13(10-8-11)20(3)18(21)16-12(2)14-5-4-6-15(19)17(14)22-16/h4-6,11,13H,7-10H2,1-3H3. The van der Waals surface area contributed by atoms with Gasteiger partial charge < -0.3 is 9.32 Å². The molecule has 1 amide bonds. The van der Waals surface area contributed by atoms with Gasteiger partial charge in [-0.25, -0.2) is 4.39 Å². The van der Waals surface area contributed by atoms with Crippen molar-refractivity contribution in [1.82, 2.24) is 4.90 Å². The van der Waals surface area contributed by atoms with Crippen molar-refractivity contribution in [2.24, 2.45) is 5.92 Å². The fraction of sp³-hybridized carbons (Fsp3) is 0.500. The van der Waals surface area contributed by atoms with Crippen LogP contribution in [0.3, 0.4) is 0 Å².